The first-order chi connectivity index (χ1) is 11.5. The minimum atomic E-state index is -0.845. The number of rotatable bonds is 3. The van der Waals surface area contributed by atoms with Crippen LogP contribution in [0.25, 0.3) is 0 Å². The molecule has 0 spiro atoms. The minimum Gasteiger partial charge on any atom is -0.336 e. The topological polar surface area (TPSA) is 23.6 Å². The van der Waals surface area contributed by atoms with E-state index in [2.05, 4.69) is 4.90 Å². The Kier molecular flexibility index (Phi) is 4.85. The fourth-order valence-electron chi connectivity index (χ4n) is 2.86. The first kappa shape index (κ1) is 16.5. The third-order valence-electron chi connectivity index (χ3n) is 4.13. The Morgan fingerprint density at radius 2 is 1.54 bits per heavy atom. The fourth-order valence-corrected chi connectivity index (χ4v) is 2.86. The van der Waals surface area contributed by atoms with Crippen molar-refractivity contribution < 1.29 is 18.0 Å². The molecule has 1 heterocycles. The van der Waals surface area contributed by atoms with Gasteiger partial charge in [-0.2, -0.15) is 0 Å². The highest BCUT2D eigenvalue weighted by atomic mass is 19.1. The highest BCUT2D eigenvalue weighted by Gasteiger charge is 2.26. The summed E-state index contributed by atoms with van der Waals surface area (Å²) >= 11 is 0. The van der Waals surface area contributed by atoms with Gasteiger partial charge in [-0.25, -0.2) is 13.2 Å². The molecule has 1 aliphatic rings. The first-order valence-electron chi connectivity index (χ1n) is 7.74. The van der Waals surface area contributed by atoms with Crippen molar-refractivity contribution in [3.05, 3.63) is 71.0 Å². The Morgan fingerprint density at radius 1 is 0.917 bits per heavy atom. The molecular formula is C18H17F3N2O. The zero-order valence-electron chi connectivity index (χ0n) is 13.0. The smallest absolute Gasteiger partial charge is 0.259 e. The largest absolute Gasteiger partial charge is 0.336 e. The SMILES string of the molecule is O=C(c1c(F)cccc1F)N1CCN(Cc2cccc(F)c2)CC1. The summed E-state index contributed by atoms with van der Waals surface area (Å²) in [4.78, 5) is 15.9. The molecule has 0 N–H and O–H groups in total. The lowest BCUT2D eigenvalue weighted by atomic mass is 10.1. The molecule has 3 nitrogen and oxygen atoms in total. The molecule has 0 saturated carbocycles. The monoisotopic (exact) mass is 334 g/mol. The summed E-state index contributed by atoms with van der Waals surface area (Å²) in [5.74, 6) is -2.60. The van der Waals surface area contributed by atoms with Crippen molar-refractivity contribution >= 4 is 5.91 Å². The van der Waals surface area contributed by atoms with Crippen LogP contribution in [-0.4, -0.2) is 41.9 Å². The lowest BCUT2D eigenvalue weighted by molar-refractivity contribution is 0.0619. The van der Waals surface area contributed by atoms with Crippen molar-refractivity contribution in [1.29, 1.82) is 0 Å². The molecule has 0 radical (unpaired) electrons. The summed E-state index contributed by atoms with van der Waals surface area (Å²) in [5.41, 5.74) is 0.353. The Morgan fingerprint density at radius 3 is 2.17 bits per heavy atom. The van der Waals surface area contributed by atoms with Crippen molar-refractivity contribution in [1.82, 2.24) is 9.80 Å². The zero-order chi connectivity index (χ0) is 17.1. The predicted molar refractivity (Wildman–Crippen MR) is 83.9 cm³/mol. The van der Waals surface area contributed by atoms with Crippen LogP contribution in [0.5, 0.6) is 0 Å². The van der Waals surface area contributed by atoms with Crippen LogP contribution in [0.4, 0.5) is 13.2 Å². The summed E-state index contributed by atoms with van der Waals surface area (Å²) in [6.07, 6.45) is 0. The molecule has 1 aliphatic heterocycles. The quantitative estimate of drug-likeness (QED) is 0.861. The van der Waals surface area contributed by atoms with Crippen LogP contribution >= 0.6 is 0 Å². The van der Waals surface area contributed by atoms with E-state index in [0.717, 1.165) is 17.7 Å². The van der Waals surface area contributed by atoms with Gasteiger partial charge in [0.05, 0.1) is 0 Å². The first-order valence-corrected chi connectivity index (χ1v) is 7.74. The molecule has 2 aromatic carbocycles. The summed E-state index contributed by atoms with van der Waals surface area (Å²) in [5, 5.41) is 0. The van der Waals surface area contributed by atoms with Gasteiger partial charge in [-0.05, 0) is 29.8 Å². The van der Waals surface area contributed by atoms with E-state index in [-0.39, 0.29) is 5.82 Å². The number of hydrogen-bond acceptors (Lipinski definition) is 2. The van der Waals surface area contributed by atoms with Gasteiger partial charge in [0, 0.05) is 32.7 Å². The van der Waals surface area contributed by atoms with E-state index in [1.54, 1.807) is 6.07 Å². The third kappa shape index (κ3) is 3.59. The molecule has 3 rings (SSSR count). The van der Waals surface area contributed by atoms with Gasteiger partial charge in [0.1, 0.15) is 23.0 Å². The number of amides is 1. The molecule has 0 aliphatic carbocycles. The van der Waals surface area contributed by atoms with Crippen LogP contribution in [0.15, 0.2) is 42.5 Å². The summed E-state index contributed by atoms with van der Waals surface area (Å²) < 4.78 is 40.7. The average Bonchev–Trinajstić information content (AvgIpc) is 2.55. The molecule has 1 amide bonds. The third-order valence-corrected chi connectivity index (χ3v) is 4.13. The molecule has 126 valence electrons. The number of nitrogens with zero attached hydrogens (tertiary/aromatic N) is 2. The van der Waals surface area contributed by atoms with Gasteiger partial charge in [0.2, 0.25) is 0 Å². The van der Waals surface area contributed by atoms with Crippen LogP contribution < -0.4 is 0 Å². The second-order valence-corrected chi connectivity index (χ2v) is 5.79. The van der Waals surface area contributed by atoms with E-state index in [9.17, 15) is 18.0 Å². The van der Waals surface area contributed by atoms with Gasteiger partial charge in [0.25, 0.3) is 5.91 Å². The van der Waals surface area contributed by atoms with Gasteiger partial charge in [0.15, 0.2) is 0 Å². The maximum absolute atomic E-state index is 13.7. The molecule has 0 unspecified atom stereocenters. The molecule has 24 heavy (non-hydrogen) atoms. The number of carbonyl (C=O) groups is 1. The van der Waals surface area contributed by atoms with E-state index in [1.165, 1.54) is 23.1 Å². The van der Waals surface area contributed by atoms with Gasteiger partial charge in [-0.3, -0.25) is 9.69 Å². The van der Waals surface area contributed by atoms with E-state index >= 15 is 0 Å². The molecule has 6 heteroatoms. The van der Waals surface area contributed by atoms with Crippen LogP contribution in [0, 0.1) is 17.5 Å². The summed E-state index contributed by atoms with van der Waals surface area (Å²) in [6, 6.07) is 9.77. The number of piperazine rings is 1. The summed E-state index contributed by atoms with van der Waals surface area (Å²) in [7, 11) is 0. The maximum Gasteiger partial charge on any atom is 0.259 e. The van der Waals surface area contributed by atoms with E-state index in [1.807, 2.05) is 6.07 Å². The zero-order valence-corrected chi connectivity index (χ0v) is 13.0. The summed E-state index contributed by atoms with van der Waals surface area (Å²) in [6.45, 7) is 2.47. The highest BCUT2D eigenvalue weighted by Crippen LogP contribution is 2.17. The number of halogens is 3. The molecule has 2 aromatic rings. The van der Waals surface area contributed by atoms with Gasteiger partial charge in [-0.1, -0.05) is 18.2 Å². The Hall–Kier alpha value is -2.34. The number of benzene rings is 2. The van der Waals surface area contributed by atoms with Crippen molar-refractivity contribution in [2.24, 2.45) is 0 Å². The van der Waals surface area contributed by atoms with Gasteiger partial charge >= 0.3 is 0 Å². The number of hydrogen-bond donors (Lipinski definition) is 0. The normalized spacial score (nSPS) is 15.5. The van der Waals surface area contributed by atoms with E-state index in [4.69, 9.17) is 0 Å². The van der Waals surface area contributed by atoms with Gasteiger partial charge < -0.3 is 4.90 Å². The molecule has 0 bridgehead atoms. The molecule has 1 saturated heterocycles. The van der Waals surface area contributed by atoms with Crippen molar-refractivity contribution in [2.45, 2.75) is 6.54 Å². The van der Waals surface area contributed by atoms with Crippen molar-refractivity contribution in [3.63, 3.8) is 0 Å². The van der Waals surface area contributed by atoms with Gasteiger partial charge in [-0.15, -0.1) is 0 Å². The van der Waals surface area contributed by atoms with Crippen LogP contribution in [0.1, 0.15) is 15.9 Å². The van der Waals surface area contributed by atoms with E-state index in [0.29, 0.717) is 32.7 Å². The van der Waals surface area contributed by atoms with E-state index < -0.39 is 23.1 Å². The number of carbonyl (C=O) groups excluding carboxylic acids is 1. The van der Waals surface area contributed by atoms with Crippen molar-refractivity contribution in [3.8, 4) is 0 Å². The predicted octanol–water partition coefficient (Wildman–Crippen LogP) is 3.06. The van der Waals surface area contributed by atoms with Crippen LogP contribution in [0.3, 0.4) is 0 Å². The Balaban J connectivity index is 1.62. The Bertz CT molecular complexity index is 723. The highest BCUT2D eigenvalue weighted by molar-refractivity contribution is 5.94. The second kappa shape index (κ2) is 7.05. The molecule has 0 atom stereocenters. The van der Waals surface area contributed by atoms with Crippen molar-refractivity contribution in [2.75, 3.05) is 26.2 Å². The average molecular weight is 334 g/mol. The minimum absolute atomic E-state index is 0.281. The lowest BCUT2D eigenvalue weighted by Crippen LogP contribution is -2.48. The van der Waals surface area contributed by atoms with Crippen LogP contribution in [-0.2, 0) is 6.54 Å². The standard InChI is InChI=1S/C18H17F3N2O/c19-14-4-1-3-13(11-14)12-22-7-9-23(10-8-22)18(24)17-15(20)5-2-6-16(17)21/h1-6,11H,7-10,12H2. The van der Waals surface area contributed by atoms with Crippen LogP contribution in [0.2, 0.25) is 0 Å². The Labute approximate surface area is 138 Å². The maximum atomic E-state index is 13.7. The lowest BCUT2D eigenvalue weighted by Gasteiger charge is -2.34. The molecular weight excluding hydrogens is 317 g/mol. The molecule has 1 fully saturated rings. The molecule has 0 aromatic heterocycles. The fraction of sp³-hybridized carbons (Fsp3) is 0.278. The second-order valence-electron chi connectivity index (χ2n) is 5.79.